The van der Waals surface area contributed by atoms with Crippen LogP contribution in [0.25, 0.3) is 0 Å². The fourth-order valence-electron chi connectivity index (χ4n) is 1.74. The summed E-state index contributed by atoms with van der Waals surface area (Å²) in [7, 11) is 0. The second-order valence-electron chi connectivity index (χ2n) is 5.51. The van der Waals surface area contributed by atoms with E-state index in [-0.39, 0.29) is 6.42 Å². The van der Waals surface area contributed by atoms with Gasteiger partial charge >= 0.3 is 5.97 Å². The molecule has 148 valence electrons. The van der Waals surface area contributed by atoms with Crippen LogP contribution in [0.2, 0.25) is 0 Å². The van der Waals surface area contributed by atoms with Crippen LogP contribution in [0.3, 0.4) is 0 Å². The molecule has 0 bridgehead atoms. The molecule has 0 heterocycles. The summed E-state index contributed by atoms with van der Waals surface area (Å²) < 4.78 is 0. The van der Waals surface area contributed by atoms with E-state index in [9.17, 15) is 4.79 Å². The topological polar surface area (TPSA) is 63.3 Å². The molecule has 3 N–H and O–H groups in total. The lowest BCUT2D eigenvalue weighted by molar-refractivity contribution is -0.137. The number of carboxylic acids is 1. The molecule has 0 aromatic rings. The van der Waals surface area contributed by atoms with Crippen LogP contribution in [0.5, 0.6) is 0 Å². The molecular formula is C22H37NO2S. The minimum atomic E-state index is -0.715. The Labute approximate surface area is 165 Å². The van der Waals surface area contributed by atoms with Crippen molar-refractivity contribution in [3.63, 3.8) is 0 Å². The summed E-state index contributed by atoms with van der Waals surface area (Å²) >= 11 is 3.80. The fraction of sp³-hybridized carbons (Fsp3) is 0.500. The first-order valence-corrected chi connectivity index (χ1v) is 10.1. The lowest BCUT2D eigenvalue weighted by Gasteiger charge is -1.89. The van der Waals surface area contributed by atoms with Crippen molar-refractivity contribution in [2.45, 2.75) is 58.3 Å². The second kappa shape index (κ2) is 25.7. The zero-order valence-electron chi connectivity index (χ0n) is 16.2. The quantitative estimate of drug-likeness (QED) is 0.201. The van der Waals surface area contributed by atoms with Gasteiger partial charge in [0.1, 0.15) is 0 Å². The van der Waals surface area contributed by atoms with Gasteiger partial charge < -0.3 is 10.8 Å². The minimum absolute atomic E-state index is 0.258. The van der Waals surface area contributed by atoms with Crippen LogP contribution in [0, 0.1) is 0 Å². The SMILES string of the molecule is CC/C=C\C/C=C\C/C=C\C/C=C\C/C=C\CCCC(=O)O.NCCS. The number of thiol groups is 1. The third kappa shape index (κ3) is 30.4. The number of allylic oxidation sites excluding steroid dienone is 10. The van der Waals surface area contributed by atoms with E-state index in [1.54, 1.807) is 0 Å². The van der Waals surface area contributed by atoms with Crippen molar-refractivity contribution < 1.29 is 9.90 Å². The van der Waals surface area contributed by atoms with Gasteiger partial charge in [-0.05, 0) is 44.9 Å². The van der Waals surface area contributed by atoms with Gasteiger partial charge in [-0.25, -0.2) is 0 Å². The molecule has 0 atom stereocenters. The number of hydrogen-bond donors (Lipinski definition) is 3. The van der Waals surface area contributed by atoms with Crippen LogP contribution >= 0.6 is 12.6 Å². The van der Waals surface area contributed by atoms with Gasteiger partial charge in [0.2, 0.25) is 0 Å². The highest BCUT2D eigenvalue weighted by Gasteiger charge is 1.92. The molecule has 0 aliphatic heterocycles. The molecule has 26 heavy (non-hydrogen) atoms. The maximum atomic E-state index is 10.3. The van der Waals surface area contributed by atoms with Gasteiger partial charge in [-0.2, -0.15) is 12.6 Å². The lowest BCUT2D eigenvalue weighted by Crippen LogP contribution is -1.97. The maximum Gasteiger partial charge on any atom is 0.303 e. The first-order valence-electron chi connectivity index (χ1n) is 9.46. The summed E-state index contributed by atoms with van der Waals surface area (Å²) in [4.78, 5) is 10.3. The standard InChI is InChI=1S/C20H30O2.C2H7NS/c1-2-3-4-5-6-7-8-9-10-11-12-13-14-15-16-17-18-19-20(21)22;3-1-2-4/h3-4,6-7,9-10,12-13,15-16H,2,5,8,11,14,17-19H2,1H3,(H,21,22);4H,1-3H2/b4-3-,7-6-,10-9-,13-12-,16-15-;. The van der Waals surface area contributed by atoms with E-state index in [2.05, 4.69) is 80.3 Å². The van der Waals surface area contributed by atoms with Crippen LogP contribution < -0.4 is 5.73 Å². The molecule has 0 rings (SSSR count). The molecule has 0 unspecified atom stereocenters. The highest BCUT2D eigenvalue weighted by molar-refractivity contribution is 7.80. The molecule has 0 radical (unpaired) electrons. The maximum absolute atomic E-state index is 10.3. The van der Waals surface area contributed by atoms with Gasteiger partial charge in [-0.15, -0.1) is 0 Å². The number of nitrogens with two attached hydrogens (primary N) is 1. The van der Waals surface area contributed by atoms with Crippen LogP contribution in [-0.2, 0) is 4.79 Å². The predicted octanol–water partition coefficient (Wildman–Crippen LogP) is 5.87. The van der Waals surface area contributed by atoms with Gasteiger partial charge in [0.15, 0.2) is 0 Å². The Morgan fingerprint density at radius 1 is 0.846 bits per heavy atom. The summed E-state index contributed by atoms with van der Waals surface area (Å²) in [5.74, 6) is 0.0763. The monoisotopic (exact) mass is 379 g/mol. The van der Waals surface area contributed by atoms with E-state index in [1.165, 1.54) is 0 Å². The molecule has 0 aromatic heterocycles. The van der Waals surface area contributed by atoms with Gasteiger partial charge in [0.25, 0.3) is 0 Å². The molecule has 0 aliphatic rings. The van der Waals surface area contributed by atoms with E-state index in [0.29, 0.717) is 6.54 Å². The van der Waals surface area contributed by atoms with Gasteiger partial charge in [0.05, 0.1) is 0 Å². The number of carboxylic acid groups (broad SMARTS) is 1. The number of carbonyl (C=O) groups is 1. The van der Waals surface area contributed by atoms with Crippen LogP contribution in [0.15, 0.2) is 60.8 Å². The number of rotatable bonds is 14. The van der Waals surface area contributed by atoms with Crippen molar-refractivity contribution in [3.05, 3.63) is 60.8 Å². The molecule has 0 fully saturated rings. The Morgan fingerprint density at radius 2 is 1.23 bits per heavy atom. The molecule has 3 nitrogen and oxygen atoms in total. The van der Waals surface area contributed by atoms with Crippen molar-refractivity contribution in [2.24, 2.45) is 5.73 Å². The third-order valence-electron chi connectivity index (χ3n) is 3.05. The summed E-state index contributed by atoms with van der Waals surface area (Å²) in [5.41, 5.74) is 4.95. The molecule has 0 amide bonds. The minimum Gasteiger partial charge on any atom is -0.481 e. The Balaban J connectivity index is 0. The van der Waals surface area contributed by atoms with Crippen LogP contribution in [0.4, 0.5) is 0 Å². The summed E-state index contributed by atoms with van der Waals surface area (Å²) in [5, 5.41) is 8.49. The third-order valence-corrected chi connectivity index (χ3v) is 3.31. The van der Waals surface area contributed by atoms with E-state index in [4.69, 9.17) is 10.8 Å². The largest absolute Gasteiger partial charge is 0.481 e. The Hall–Kier alpha value is -1.52. The lowest BCUT2D eigenvalue weighted by atomic mass is 10.2. The van der Waals surface area contributed by atoms with Crippen molar-refractivity contribution in [1.29, 1.82) is 0 Å². The van der Waals surface area contributed by atoms with Crippen LogP contribution in [0.1, 0.15) is 58.3 Å². The first kappa shape index (κ1) is 26.7. The highest BCUT2D eigenvalue weighted by atomic mass is 32.1. The smallest absolute Gasteiger partial charge is 0.303 e. The zero-order valence-corrected chi connectivity index (χ0v) is 17.1. The zero-order chi connectivity index (χ0) is 19.7. The number of hydrogen-bond acceptors (Lipinski definition) is 3. The van der Waals surface area contributed by atoms with Crippen molar-refractivity contribution in [1.82, 2.24) is 0 Å². The average molecular weight is 380 g/mol. The highest BCUT2D eigenvalue weighted by Crippen LogP contribution is 1.99. The van der Waals surface area contributed by atoms with Gasteiger partial charge in [-0.1, -0.05) is 67.7 Å². The van der Waals surface area contributed by atoms with Crippen LogP contribution in [-0.4, -0.2) is 23.4 Å². The Kier molecular flexibility index (Phi) is 26.4. The summed E-state index contributed by atoms with van der Waals surface area (Å²) in [6.07, 6.45) is 28.4. The summed E-state index contributed by atoms with van der Waals surface area (Å²) in [6.45, 7) is 2.83. The number of aliphatic carboxylic acids is 1. The Bertz CT molecular complexity index is 435. The normalized spacial score (nSPS) is 12.0. The van der Waals surface area contributed by atoms with E-state index in [0.717, 1.165) is 50.7 Å². The summed E-state index contributed by atoms with van der Waals surface area (Å²) in [6, 6.07) is 0. The second-order valence-corrected chi connectivity index (χ2v) is 5.95. The van der Waals surface area contributed by atoms with Gasteiger partial charge in [-0.3, -0.25) is 4.79 Å². The molecule has 0 aliphatic carbocycles. The molecular weight excluding hydrogens is 342 g/mol. The van der Waals surface area contributed by atoms with E-state index >= 15 is 0 Å². The first-order chi connectivity index (χ1) is 12.7. The molecule has 0 spiro atoms. The molecule has 0 aromatic carbocycles. The van der Waals surface area contributed by atoms with Crippen molar-refractivity contribution in [3.8, 4) is 0 Å². The molecule has 0 saturated carbocycles. The van der Waals surface area contributed by atoms with Crippen molar-refractivity contribution >= 4 is 18.6 Å². The number of unbranched alkanes of at least 4 members (excludes halogenated alkanes) is 1. The van der Waals surface area contributed by atoms with E-state index in [1.807, 2.05) is 0 Å². The predicted molar refractivity (Wildman–Crippen MR) is 119 cm³/mol. The Morgan fingerprint density at radius 3 is 1.58 bits per heavy atom. The molecule has 0 saturated heterocycles. The fourth-order valence-corrected chi connectivity index (χ4v) is 1.74. The molecule has 4 heteroatoms. The van der Waals surface area contributed by atoms with Crippen molar-refractivity contribution in [2.75, 3.05) is 12.3 Å². The van der Waals surface area contributed by atoms with Gasteiger partial charge in [0, 0.05) is 18.7 Å². The van der Waals surface area contributed by atoms with E-state index < -0.39 is 5.97 Å². The average Bonchev–Trinajstić information content (AvgIpc) is 2.64.